The van der Waals surface area contributed by atoms with Gasteiger partial charge in [-0.1, -0.05) is 41.0 Å². The van der Waals surface area contributed by atoms with E-state index in [4.69, 9.17) is 25.6 Å². The molecule has 166 valence electrons. The van der Waals surface area contributed by atoms with Gasteiger partial charge in [0.25, 0.3) is 5.89 Å². The second kappa shape index (κ2) is 9.42. The number of halogens is 1. The van der Waals surface area contributed by atoms with Crippen molar-refractivity contribution in [3.63, 3.8) is 0 Å². The summed E-state index contributed by atoms with van der Waals surface area (Å²) in [6.45, 7) is 2.63. The van der Waals surface area contributed by atoms with Gasteiger partial charge in [-0.3, -0.25) is 4.90 Å². The zero-order valence-corrected chi connectivity index (χ0v) is 18.7. The van der Waals surface area contributed by atoms with E-state index in [1.165, 1.54) is 0 Å². The van der Waals surface area contributed by atoms with Crippen molar-refractivity contribution >= 4 is 23.2 Å². The number of hydrogen-bond donors (Lipinski definition) is 1. The van der Waals surface area contributed by atoms with Crippen molar-refractivity contribution in [1.82, 2.24) is 20.4 Å². The van der Waals surface area contributed by atoms with E-state index in [-0.39, 0.29) is 6.03 Å². The number of nitrogens with zero attached hydrogens (tertiary/aromatic N) is 3. The Kier molecular flexibility index (Phi) is 6.43. The second-order valence-electron chi connectivity index (χ2n) is 7.24. The number of carbonyl (C=O) groups excluding carboxylic acids is 1. The minimum Gasteiger partial charge on any atom is -0.497 e. The number of urea groups is 1. The Morgan fingerprint density at radius 3 is 2.75 bits per heavy atom. The number of nitrogens with one attached hydrogen (secondary N) is 1. The number of ether oxygens (including phenoxy) is 2. The van der Waals surface area contributed by atoms with Crippen LogP contribution in [0.25, 0.3) is 17.0 Å². The second-order valence-corrected chi connectivity index (χ2v) is 7.67. The lowest BCUT2D eigenvalue weighted by Crippen LogP contribution is -2.47. The molecule has 9 heteroatoms. The highest BCUT2D eigenvalue weighted by atomic mass is 35.5. The fourth-order valence-corrected chi connectivity index (χ4v) is 3.86. The largest absolute Gasteiger partial charge is 0.497 e. The molecule has 1 aliphatic heterocycles. The van der Waals surface area contributed by atoms with Gasteiger partial charge in [-0.25, -0.2) is 4.79 Å². The number of carbonyl (C=O) groups is 1. The molecule has 2 amide bonds. The summed E-state index contributed by atoms with van der Waals surface area (Å²) in [5, 5.41) is 7.77. The molecule has 4 rings (SSSR count). The van der Waals surface area contributed by atoms with Crippen LogP contribution in [0.1, 0.15) is 24.4 Å². The van der Waals surface area contributed by atoms with Crippen LogP contribution in [0.3, 0.4) is 0 Å². The Balaban J connectivity index is 1.80. The lowest BCUT2D eigenvalue weighted by atomic mass is 9.94. The molecular weight excluding hydrogens is 432 g/mol. The maximum absolute atomic E-state index is 12.9. The van der Waals surface area contributed by atoms with E-state index in [0.29, 0.717) is 46.9 Å². The summed E-state index contributed by atoms with van der Waals surface area (Å²) in [4.78, 5) is 19.1. The van der Waals surface area contributed by atoms with Gasteiger partial charge in [0.15, 0.2) is 0 Å². The van der Waals surface area contributed by atoms with Gasteiger partial charge in [-0.2, -0.15) is 4.98 Å². The van der Waals surface area contributed by atoms with E-state index in [1.54, 1.807) is 25.2 Å². The average Bonchev–Trinajstić information content (AvgIpc) is 3.28. The Bertz CT molecular complexity index is 1160. The van der Waals surface area contributed by atoms with Crippen LogP contribution in [0.4, 0.5) is 4.79 Å². The first-order chi connectivity index (χ1) is 15.5. The molecule has 0 radical (unpaired) electrons. The van der Waals surface area contributed by atoms with Crippen LogP contribution >= 0.6 is 11.6 Å². The Labute approximate surface area is 190 Å². The number of amides is 2. The van der Waals surface area contributed by atoms with Crippen LogP contribution in [0.15, 0.2) is 58.8 Å². The molecule has 1 unspecified atom stereocenters. The molecule has 1 atom stereocenters. The summed E-state index contributed by atoms with van der Waals surface area (Å²) < 4.78 is 16.1. The van der Waals surface area contributed by atoms with Crippen LogP contribution in [0.2, 0.25) is 5.02 Å². The van der Waals surface area contributed by atoms with Crippen molar-refractivity contribution in [1.29, 1.82) is 0 Å². The van der Waals surface area contributed by atoms with Crippen molar-refractivity contribution in [3.05, 3.63) is 70.7 Å². The van der Waals surface area contributed by atoms with Gasteiger partial charge in [-0.15, -0.1) is 0 Å². The van der Waals surface area contributed by atoms with Crippen LogP contribution < -0.4 is 10.1 Å². The summed E-state index contributed by atoms with van der Waals surface area (Å²) >= 11 is 6.22. The number of allylic oxidation sites excluding steroid dienone is 1. The number of methoxy groups -OCH3 is 2. The monoisotopic (exact) mass is 454 g/mol. The topological polar surface area (TPSA) is 89.7 Å². The Hall–Kier alpha value is -3.36. The lowest BCUT2D eigenvalue weighted by molar-refractivity contribution is 0.158. The van der Waals surface area contributed by atoms with E-state index in [0.717, 1.165) is 11.1 Å². The van der Waals surface area contributed by atoms with E-state index >= 15 is 0 Å². The van der Waals surface area contributed by atoms with E-state index in [1.807, 2.05) is 49.4 Å². The Morgan fingerprint density at radius 1 is 1.19 bits per heavy atom. The van der Waals surface area contributed by atoms with Gasteiger partial charge >= 0.3 is 6.03 Å². The zero-order valence-electron chi connectivity index (χ0n) is 18.0. The Morgan fingerprint density at radius 2 is 2.00 bits per heavy atom. The van der Waals surface area contributed by atoms with Crippen molar-refractivity contribution in [2.24, 2.45) is 0 Å². The molecule has 0 bridgehead atoms. The van der Waals surface area contributed by atoms with Crippen LogP contribution in [-0.4, -0.2) is 48.4 Å². The first kappa shape index (κ1) is 21.9. The summed E-state index contributed by atoms with van der Waals surface area (Å²) in [5.74, 6) is 1.42. The molecule has 8 nitrogen and oxygen atoms in total. The van der Waals surface area contributed by atoms with Crippen molar-refractivity contribution < 1.29 is 18.8 Å². The predicted molar refractivity (Wildman–Crippen MR) is 120 cm³/mol. The molecular formula is C23H23ClN4O4. The van der Waals surface area contributed by atoms with E-state index in [2.05, 4.69) is 15.5 Å². The van der Waals surface area contributed by atoms with Crippen molar-refractivity contribution in [3.8, 4) is 17.1 Å². The molecule has 1 aromatic heterocycles. The fourth-order valence-electron chi connectivity index (χ4n) is 3.66. The molecule has 3 aromatic rings. The lowest BCUT2D eigenvalue weighted by Gasteiger charge is -2.35. The molecule has 1 aliphatic rings. The highest BCUT2D eigenvalue weighted by Gasteiger charge is 2.35. The molecule has 0 saturated heterocycles. The average molecular weight is 455 g/mol. The third-order valence-electron chi connectivity index (χ3n) is 5.28. The summed E-state index contributed by atoms with van der Waals surface area (Å²) in [6, 6.07) is 14.0. The van der Waals surface area contributed by atoms with Crippen LogP contribution in [0, 0.1) is 0 Å². The van der Waals surface area contributed by atoms with E-state index in [9.17, 15) is 4.79 Å². The highest BCUT2D eigenvalue weighted by molar-refractivity contribution is 6.30. The maximum Gasteiger partial charge on any atom is 0.322 e. The fraction of sp³-hybridized carbons (Fsp3) is 0.261. The molecule has 1 N–H and O–H groups in total. The SMILES string of the molecule is COCCN1C(=O)NC(c2cccc(Cl)c2)C(c2nc(-c3cccc(OC)c3)no2)=C1C. The summed E-state index contributed by atoms with van der Waals surface area (Å²) in [6.07, 6.45) is 0. The quantitative estimate of drug-likeness (QED) is 0.563. The highest BCUT2D eigenvalue weighted by Crippen LogP contribution is 2.38. The molecule has 2 aromatic carbocycles. The summed E-state index contributed by atoms with van der Waals surface area (Å²) in [5.41, 5.74) is 2.97. The van der Waals surface area contributed by atoms with E-state index < -0.39 is 6.04 Å². The molecule has 32 heavy (non-hydrogen) atoms. The number of hydrogen-bond acceptors (Lipinski definition) is 6. The van der Waals surface area contributed by atoms with Crippen LogP contribution in [0.5, 0.6) is 5.75 Å². The van der Waals surface area contributed by atoms with Crippen LogP contribution in [-0.2, 0) is 4.74 Å². The summed E-state index contributed by atoms with van der Waals surface area (Å²) in [7, 11) is 3.19. The normalized spacial score (nSPS) is 16.3. The minimum absolute atomic E-state index is 0.235. The number of benzene rings is 2. The zero-order chi connectivity index (χ0) is 22.7. The molecule has 0 spiro atoms. The van der Waals surface area contributed by atoms with Gasteiger partial charge < -0.3 is 19.3 Å². The van der Waals surface area contributed by atoms with Gasteiger partial charge in [0.05, 0.1) is 31.9 Å². The molecule has 0 aliphatic carbocycles. The van der Waals surface area contributed by atoms with Gasteiger partial charge in [0.2, 0.25) is 5.82 Å². The third-order valence-corrected chi connectivity index (χ3v) is 5.52. The maximum atomic E-state index is 12.9. The van der Waals surface area contributed by atoms with Gasteiger partial charge in [0.1, 0.15) is 5.75 Å². The first-order valence-corrected chi connectivity index (χ1v) is 10.4. The van der Waals surface area contributed by atoms with Crippen molar-refractivity contribution in [2.45, 2.75) is 13.0 Å². The molecule has 0 saturated carbocycles. The molecule has 0 fully saturated rings. The molecule has 2 heterocycles. The minimum atomic E-state index is -0.501. The van der Waals surface area contributed by atoms with Gasteiger partial charge in [-0.05, 0) is 36.8 Å². The number of aromatic nitrogens is 2. The van der Waals surface area contributed by atoms with Gasteiger partial charge in [0, 0.05) is 23.4 Å². The number of rotatable bonds is 7. The first-order valence-electron chi connectivity index (χ1n) is 10.0. The standard InChI is InChI=1S/C23H23ClN4O4/c1-14-19(22-26-21(27-32-22)16-7-5-9-18(13-16)31-3)20(15-6-4-8-17(24)12-15)25-23(29)28(14)10-11-30-2/h4-9,12-13,20H,10-11H2,1-3H3,(H,25,29). The smallest absolute Gasteiger partial charge is 0.322 e. The van der Waals surface area contributed by atoms with Crippen molar-refractivity contribution in [2.75, 3.05) is 27.4 Å². The third kappa shape index (κ3) is 4.32. The predicted octanol–water partition coefficient (Wildman–Crippen LogP) is 4.54.